The molecule has 0 saturated carbocycles. The molecule has 0 aliphatic heterocycles. The Morgan fingerprint density at radius 2 is 1.69 bits per heavy atom. The summed E-state index contributed by atoms with van der Waals surface area (Å²) in [6.07, 6.45) is 6.67. The fraction of sp³-hybridized carbons (Fsp3) is 0. The predicted molar refractivity (Wildman–Crippen MR) is 125 cm³/mol. The summed E-state index contributed by atoms with van der Waals surface area (Å²) in [6, 6.07) is 22.4. The largest absolute Gasteiger partial charge is 0.271 e. The van der Waals surface area contributed by atoms with E-state index in [4.69, 9.17) is 11.6 Å². The van der Waals surface area contributed by atoms with Crippen LogP contribution in [0.1, 0.15) is 16.7 Å². The van der Waals surface area contributed by atoms with E-state index in [0.29, 0.717) is 21.7 Å². The van der Waals surface area contributed by atoms with Gasteiger partial charge in [0.25, 0.3) is 5.91 Å². The van der Waals surface area contributed by atoms with Crippen LogP contribution in [0.25, 0.3) is 17.3 Å². The number of hydrogen-bond acceptors (Lipinski definition) is 3. The third-order valence-corrected chi connectivity index (χ3v) is 4.84. The van der Waals surface area contributed by atoms with Crippen LogP contribution in [0.3, 0.4) is 0 Å². The summed E-state index contributed by atoms with van der Waals surface area (Å²) < 4.78 is 15.1. The standard InChI is InChI=1S/C25H18ClFN4O/c26-21-10-6-18(7-11-21)15-28-30-25(32)24(20-8-12-22(27)13-9-20)14-19-16-29-31(17-19)23-4-2-1-3-5-23/h1-17H,(H,30,32)/b24-14+,28-15+. The van der Waals surface area contributed by atoms with Gasteiger partial charge in [0.1, 0.15) is 5.82 Å². The second-order valence-corrected chi connectivity index (χ2v) is 7.31. The van der Waals surface area contributed by atoms with Gasteiger partial charge in [0, 0.05) is 22.4 Å². The predicted octanol–water partition coefficient (Wildman–Crippen LogP) is 5.36. The second-order valence-electron chi connectivity index (χ2n) is 6.87. The fourth-order valence-electron chi connectivity index (χ4n) is 2.98. The van der Waals surface area contributed by atoms with Gasteiger partial charge >= 0.3 is 0 Å². The molecule has 1 N–H and O–H groups in total. The number of benzene rings is 3. The molecule has 32 heavy (non-hydrogen) atoms. The van der Waals surface area contributed by atoms with Crippen LogP contribution in [0.4, 0.5) is 4.39 Å². The average molecular weight is 445 g/mol. The first-order chi connectivity index (χ1) is 15.6. The van der Waals surface area contributed by atoms with Crippen LogP contribution in [0.15, 0.2) is 96.4 Å². The number of hydrogen-bond donors (Lipinski definition) is 1. The van der Waals surface area contributed by atoms with Gasteiger partial charge in [-0.25, -0.2) is 14.5 Å². The van der Waals surface area contributed by atoms with E-state index in [9.17, 15) is 9.18 Å². The molecule has 4 aromatic rings. The van der Waals surface area contributed by atoms with Crippen molar-refractivity contribution in [2.45, 2.75) is 0 Å². The number of halogens is 2. The van der Waals surface area contributed by atoms with Crippen molar-refractivity contribution >= 4 is 35.4 Å². The van der Waals surface area contributed by atoms with Gasteiger partial charge in [0.05, 0.1) is 18.1 Å². The third-order valence-electron chi connectivity index (χ3n) is 4.58. The minimum atomic E-state index is -0.436. The normalized spacial score (nSPS) is 11.6. The van der Waals surface area contributed by atoms with E-state index in [1.54, 1.807) is 53.4 Å². The first-order valence-electron chi connectivity index (χ1n) is 9.75. The van der Waals surface area contributed by atoms with Crippen LogP contribution in [0.5, 0.6) is 0 Å². The number of amides is 1. The summed E-state index contributed by atoms with van der Waals surface area (Å²) in [7, 11) is 0. The van der Waals surface area contributed by atoms with Crippen LogP contribution in [-0.4, -0.2) is 21.9 Å². The highest BCUT2D eigenvalue weighted by molar-refractivity contribution is 6.30. The van der Waals surface area contributed by atoms with Crippen molar-refractivity contribution in [1.82, 2.24) is 15.2 Å². The third kappa shape index (κ3) is 5.36. The Bertz CT molecular complexity index is 1260. The topological polar surface area (TPSA) is 59.3 Å². The molecule has 0 aliphatic rings. The quantitative estimate of drug-likeness (QED) is 0.247. The Kier molecular flexibility index (Phi) is 6.53. The molecule has 0 aliphatic carbocycles. The van der Waals surface area contributed by atoms with Crippen LogP contribution in [0, 0.1) is 5.82 Å². The maximum Gasteiger partial charge on any atom is 0.271 e. The summed E-state index contributed by atoms with van der Waals surface area (Å²) in [4.78, 5) is 12.9. The summed E-state index contributed by atoms with van der Waals surface area (Å²) in [5.74, 6) is -0.819. The summed E-state index contributed by atoms with van der Waals surface area (Å²) in [6.45, 7) is 0. The molecule has 3 aromatic carbocycles. The Hall–Kier alpha value is -4.03. The minimum absolute atomic E-state index is 0.325. The van der Waals surface area contributed by atoms with Gasteiger partial charge in [0.2, 0.25) is 0 Å². The van der Waals surface area contributed by atoms with Crippen molar-refractivity contribution in [1.29, 1.82) is 0 Å². The van der Waals surface area contributed by atoms with Crippen LogP contribution in [-0.2, 0) is 4.79 Å². The number of nitrogens with zero attached hydrogens (tertiary/aromatic N) is 3. The van der Waals surface area contributed by atoms with E-state index in [2.05, 4.69) is 15.6 Å². The molecule has 0 bridgehead atoms. The van der Waals surface area contributed by atoms with Crippen LogP contribution >= 0.6 is 11.6 Å². The van der Waals surface area contributed by atoms with Crippen molar-refractivity contribution in [3.05, 3.63) is 119 Å². The zero-order valence-electron chi connectivity index (χ0n) is 16.8. The molecular weight excluding hydrogens is 427 g/mol. The lowest BCUT2D eigenvalue weighted by Crippen LogP contribution is -2.19. The molecule has 7 heteroatoms. The fourth-order valence-corrected chi connectivity index (χ4v) is 3.11. The van der Waals surface area contributed by atoms with E-state index < -0.39 is 5.91 Å². The molecule has 1 heterocycles. The van der Waals surface area contributed by atoms with Gasteiger partial charge in [0.15, 0.2) is 0 Å². The first-order valence-corrected chi connectivity index (χ1v) is 10.1. The van der Waals surface area contributed by atoms with Crippen LogP contribution < -0.4 is 5.43 Å². The molecule has 5 nitrogen and oxygen atoms in total. The molecule has 158 valence electrons. The van der Waals surface area contributed by atoms with Crippen molar-refractivity contribution < 1.29 is 9.18 Å². The maximum absolute atomic E-state index is 13.4. The molecule has 0 radical (unpaired) electrons. The van der Waals surface area contributed by atoms with E-state index in [1.165, 1.54) is 18.3 Å². The molecule has 0 fully saturated rings. The molecule has 0 unspecified atom stereocenters. The van der Waals surface area contributed by atoms with Crippen LogP contribution in [0.2, 0.25) is 5.02 Å². The van der Waals surface area contributed by atoms with Gasteiger partial charge in [-0.15, -0.1) is 0 Å². The second kappa shape index (κ2) is 9.85. The van der Waals surface area contributed by atoms with Gasteiger partial charge in [-0.3, -0.25) is 4.79 Å². The number of hydrazone groups is 1. The summed E-state index contributed by atoms with van der Waals surface area (Å²) >= 11 is 5.88. The highest BCUT2D eigenvalue weighted by Crippen LogP contribution is 2.20. The lowest BCUT2D eigenvalue weighted by atomic mass is 10.0. The monoisotopic (exact) mass is 444 g/mol. The molecule has 0 spiro atoms. The molecule has 0 atom stereocenters. The molecule has 1 amide bonds. The Morgan fingerprint density at radius 1 is 0.969 bits per heavy atom. The van der Waals surface area contributed by atoms with Crippen molar-refractivity contribution in [3.8, 4) is 5.69 Å². The number of carbonyl (C=O) groups excluding carboxylic acids is 1. The number of carbonyl (C=O) groups is 1. The van der Waals surface area contributed by atoms with E-state index >= 15 is 0 Å². The number of nitrogens with one attached hydrogen (secondary N) is 1. The minimum Gasteiger partial charge on any atom is -0.267 e. The first kappa shape index (κ1) is 21.2. The molecular formula is C25H18ClFN4O. The molecule has 4 rings (SSSR count). The van der Waals surface area contributed by atoms with Crippen molar-refractivity contribution in [3.63, 3.8) is 0 Å². The SMILES string of the molecule is O=C(N/N=C/c1ccc(Cl)cc1)/C(=C/c1cnn(-c2ccccc2)c1)c1ccc(F)cc1. The average Bonchev–Trinajstić information content (AvgIpc) is 3.29. The summed E-state index contributed by atoms with van der Waals surface area (Å²) in [5, 5.41) is 9.00. The van der Waals surface area contributed by atoms with Gasteiger partial charge in [-0.05, 0) is 53.6 Å². The van der Waals surface area contributed by atoms with E-state index in [1.807, 2.05) is 36.5 Å². The van der Waals surface area contributed by atoms with Gasteiger partial charge < -0.3 is 0 Å². The zero-order valence-corrected chi connectivity index (χ0v) is 17.6. The van der Waals surface area contributed by atoms with Crippen molar-refractivity contribution in [2.75, 3.05) is 0 Å². The maximum atomic E-state index is 13.4. The van der Waals surface area contributed by atoms with Crippen molar-refractivity contribution in [2.24, 2.45) is 5.10 Å². The Balaban J connectivity index is 1.60. The Labute approximate surface area is 189 Å². The number of para-hydroxylation sites is 1. The van der Waals surface area contributed by atoms with E-state index in [-0.39, 0.29) is 5.82 Å². The lowest BCUT2D eigenvalue weighted by Gasteiger charge is -2.06. The lowest BCUT2D eigenvalue weighted by molar-refractivity contribution is -0.115. The number of rotatable bonds is 6. The van der Waals surface area contributed by atoms with Gasteiger partial charge in [-0.2, -0.15) is 10.2 Å². The van der Waals surface area contributed by atoms with Gasteiger partial charge in [-0.1, -0.05) is 54.1 Å². The summed E-state index contributed by atoms with van der Waals surface area (Å²) in [5.41, 5.74) is 5.80. The van der Waals surface area contributed by atoms with E-state index in [0.717, 1.165) is 11.3 Å². The smallest absolute Gasteiger partial charge is 0.267 e. The molecule has 0 saturated heterocycles. The zero-order chi connectivity index (χ0) is 22.3. The Morgan fingerprint density at radius 3 is 2.41 bits per heavy atom. The highest BCUT2D eigenvalue weighted by Gasteiger charge is 2.13. The molecule has 1 aromatic heterocycles. The highest BCUT2D eigenvalue weighted by atomic mass is 35.5. The number of aromatic nitrogens is 2.